The zero-order valence-corrected chi connectivity index (χ0v) is 5.21. The van der Waals surface area contributed by atoms with Gasteiger partial charge in [-0.2, -0.15) is 0 Å². The van der Waals surface area contributed by atoms with Crippen molar-refractivity contribution in [3.05, 3.63) is 0 Å². The van der Waals surface area contributed by atoms with E-state index in [1.165, 1.54) is 0 Å². The zero-order chi connectivity index (χ0) is 4.00. The first-order valence-corrected chi connectivity index (χ1v) is 1.82. The third-order valence-electron chi connectivity index (χ3n) is 0. The van der Waals surface area contributed by atoms with Gasteiger partial charge in [-0.15, -0.1) is 0 Å². The van der Waals surface area contributed by atoms with Crippen molar-refractivity contribution in [3.63, 3.8) is 0 Å². The molecule has 0 atom stereocenters. The van der Waals surface area contributed by atoms with Gasteiger partial charge < -0.3 is 5.11 Å². The molecule has 24 valence electrons. The van der Waals surface area contributed by atoms with Gasteiger partial charge >= 0.3 is 25.6 Å². The van der Waals surface area contributed by atoms with Gasteiger partial charge in [0.25, 0.3) is 0 Å². The van der Waals surface area contributed by atoms with Crippen LogP contribution in [0, 0.1) is 0 Å². The first-order valence-electron chi connectivity index (χ1n) is 0.651. The Balaban J connectivity index is 0. The van der Waals surface area contributed by atoms with Crippen LogP contribution in [0.4, 0.5) is 0 Å². The normalized spacial score (nSPS) is 2.50. The van der Waals surface area contributed by atoms with E-state index in [2.05, 4.69) is 0 Å². The summed E-state index contributed by atoms with van der Waals surface area (Å²) in [5.74, 6) is 0. The second-order valence-corrected chi connectivity index (χ2v) is 0. The summed E-state index contributed by atoms with van der Waals surface area (Å²) in [6, 6.07) is 0. The summed E-state index contributed by atoms with van der Waals surface area (Å²) >= 11 is 0.300. The Labute approximate surface area is 38.3 Å². The van der Waals surface area contributed by atoms with Crippen LogP contribution >= 0.6 is 0 Å². The molecular formula is CH4O2Sn. The van der Waals surface area contributed by atoms with E-state index >= 15 is 0 Å². The Morgan fingerprint density at radius 3 is 1.50 bits per heavy atom. The molecule has 1 N–H and O–H groups in total. The maximum atomic E-state index is 8.34. The summed E-state index contributed by atoms with van der Waals surface area (Å²) in [7, 11) is 1.00. The quantitative estimate of drug-likeness (QED) is 0.475. The summed E-state index contributed by atoms with van der Waals surface area (Å²) < 4.78 is 8.34. The SMILES string of the molecule is CO.[O]=[Sn]. The van der Waals surface area contributed by atoms with E-state index in [-0.39, 0.29) is 0 Å². The van der Waals surface area contributed by atoms with Gasteiger partial charge in [0, 0.05) is 7.11 Å². The Morgan fingerprint density at radius 1 is 1.50 bits per heavy atom. The van der Waals surface area contributed by atoms with Crippen LogP contribution in [0.5, 0.6) is 0 Å². The van der Waals surface area contributed by atoms with Crippen molar-refractivity contribution < 1.29 is 8.18 Å². The monoisotopic (exact) mass is 168 g/mol. The molecule has 0 aromatic carbocycles. The van der Waals surface area contributed by atoms with E-state index in [1.54, 1.807) is 0 Å². The fourth-order valence-electron chi connectivity index (χ4n) is 0. The minimum absolute atomic E-state index is 0.300. The fourth-order valence-corrected chi connectivity index (χ4v) is 0. The number of hydrogen-bond acceptors (Lipinski definition) is 2. The van der Waals surface area contributed by atoms with Crippen LogP contribution in [0.15, 0.2) is 0 Å². The van der Waals surface area contributed by atoms with Gasteiger partial charge in [-0.05, 0) is 0 Å². The molecule has 2 radical (unpaired) electrons. The first-order chi connectivity index (χ1) is 2.00. The summed E-state index contributed by atoms with van der Waals surface area (Å²) in [5, 5.41) is 7.00. The van der Waals surface area contributed by atoms with Gasteiger partial charge in [0.05, 0.1) is 0 Å². The van der Waals surface area contributed by atoms with Crippen molar-refractivity contribution in [3.8, 4) is 0 Å². The molecule has 0 unspecified atom stereocenters. The molecule has 0 aliphatic carbocycles. The molecule has 0 amide bonds. The molecule has 0 bridgehead atoms. The van der Waals surface area contributed by atoms with Crippen LogP contribution in [0.25, 0.3) is 0 Å². The Morgan fingerprint density at radius 2 is 1.50 bits per heavy atom. The van der Waals surface area contributed by atoms with Crippen molar-refractivity contribution in [2.45, 2.75) is 0 Å². The van der Waals surface area contributed by atoms with Gasteiger partial charge in [-0.1, -0.05) is 0 Å². The van der Waals surface area contributed by atoms with Crippen LogP contribution in [0.1, 0.15) is 0 Å². The average molecular weight is 167 g/mol. The molecule has 2 nitrogen and oxygen atoms in total. The van der Waals surface area contributed by atoms with Gasteiger partial charge in [-0.25, -0.2) is 0 Å². The Hall–Kier alpha value is 0.559. The van der Waals surface area contributed by atoms with E-state index in [9.17, 15) is 0 Å². The maximum absolute atomic E-state index is 8.34. The minimum atomic E-state index is 0.300. The predicted octanol–water partition coefficient (Wildman–Crippen LogP) is -0.891. The van der Waals surface area contributed by atoms with Crippen molar-refractivity contribution in [2.24, 2.45) is 0 Å². The van der Waals surface area contributed by atoms with Gasteiger partial charge in [0.15, 0.2) is 0 Å². The van der Waals surface area contributed by atoms with Crippen LogP contribution in [0.2, 0.25) is 0 Å². The van der Waals surface area contributed by atoms with Crippen molar-refractivity contribution in [2.75, 3.05) is 7.11 Å². The van der Waals surface area contributed by atoms with Crippen LogP contribution in [0.3, 0.4) is 0 Å². The van der Waals surface area contributed by atoms with Crippen LogP contribution in [-0.4, -0.2) is 34.7 Å². The molecule has 0 aromatic rings. The molecule has 0 heterocycles. The number of hydrogen-bond donors (Lipinski definition) is 1. The zero-order valence-electron chi connectivity index (χ0n) is 2.36. The van der Waals surface area contributed by atoms with Crippen LogP contribution in [-0.2, 0) is 3.08 Å². The summed E-state index contributed by atoms with van der Waals surface area (Å²) in [6.45, 7) is 0. The summed E-state index contributed by atoms with van der Waals surface area (Å²) in [5.41, 5.74) is 0. The third kappa shape index (κ3) is 19.9. The van der Waals surface area contributed by atoms with Gasteiger partial charge in [0.1, 0.15) is 0 Å². The molecule has 0 saturated carbocycles. The van der Waals surface area contributed by atoms with Gasteiger partial charge in [0.2, 0.25) is 0 Å². The fraction of sp³-hybridized carbons (Fsp3) is 1.00. The number of aliphatic hydroxyl groups excluding tert-OH is 1. The van der Waals surface area contributed by atoms with E-state index in [4.69, 9.17) is 8.18 Å². The second kappa shape index (κ2) is 74.6. The number of aliphatic hydroxyl groups is 1. The third-order valence-corrected chi connectivity index (χ3v) is 0. The Kier molecular flexibility index (Phi) is 165. The average Bonchev–Trinajstić information content (AvgIpc) is 1.50. The second-order valence-electron chi connectivity index (χ2n) is 0. The van der Waals surface area contributed by atoms with Crippen molar-refractivity contribution in [1.29, 1.82) is 0 Å². The molecule has 0 saturated heterocycles. The molecule has 0 rings (SSSR count). The van der Waals surface area contributed by atoms with Crippen molar-refractivity contribution >= 4 is 22.5 Å². The molecule has 0 aromatic heterocycles. The van der Waals surface area contributed by atoms with E-state index in [1.807, 2.05) is 0 Å². The molecule has 4 heavy (non-hydrogen) atoms. The standard InChI is InChI=1S/CH4O.O.Sn/c1-2;;/h2H,1H3;;. The molecule has 0 aliphatic rings. The summed E-state index contributed by atoms with van der Waals surface area (Å²) in [6.07, 6.45) is 0. The molecule has 3 heteroatoms. The van der Waals surface area contributed by atoms with Crippen LogP contribution < -0.4 is 0 Å². The molecular weight excluding hydrogens is 163 g/mol. The summed E-state index contributed by atoms with van der Waals surface area (Å²) in [4.78, 5) is 0. The molecule has 0 fully saturated rings. The molecule has 0 spiro atoms. The first kappa shape index (κ1) is 8.82. The Bertz CT molecular complexity index is 6.00. The molecule has 0 aliphatic heterocycles. The topological polar surface area (TPSA) is 37.3 Å². The number of rotatable bonds is 0. The van der Waals surface area contributed by atoms with Gasteiger partial charge in [-0.3, -0.25) is 0 Å². The van der Waals surface area contributed by atoms with Crippen molar-refractivity contribution in [1.82, 2.24) is 0 Å². The predicted molar refractivity (Wildman–Crippen MR) is 14.6 cm³/mol. The van der Waals surface area contributed by atoms with E-state index in [0.29, 0.717) is 22.5 Å². The van der Waals surface area contributed by atoms with E-state index in [0.717, 1.165) is 7.11 Å². The van der Waals surface area contributed by atoms with E-state index < -0.39 is 0 Å².